The third-order valence-corrected chi connectivity index (χ3v) is 8.43. The van der Waals surface area contributed by atoms with Gasteiger partial charge in [0.25, 0.3) is 0 Å². The summed E-state index contributed by atoms with van der Waals surface area (Å²) < 4.78 is 0. The molecule has 8 aromatic rings. The Morgan fingerprint density at radius 2 is 0.750 bits per heavy atom. The van der Waals surface area contributed by atoms with E-state index in [1.165, 1.54) is 0 Å². The predicted molar refractivity (Wildman–Crippen MR) is 244 cm³/mol. The Bertz CT molecular complexity index is 2220. The van der Waals surface area contributed by atoms with Crippen LogP contribution in [0.5, 0.6) is 0 Å². The SMILES string of the molecule is CC(O)CC(C)O.Cc1cnc(-c2[c-]cccc2)c(C)n1.Cc1cnc(-c2[c-]cccc2)c(C)n1.Cc1cnc(-c2[c-]cccc2)c(C)n1.[Ir].[Ir].[Pt].[c-]1ccccc1-c1ccccn1. The third-order valence-electron chi connectivity index (χ3n) is 8.43. The Hall–Kier alpha value is -4.82. The summed E-state index contributed by atoms with van der Waals surface area (Å²) in [5.74, 6) is 0. The van der Waals surface area contributed by atoms with Crippen molar-refractivity contribution in [2.24, 2.45) is 0 Å². The molecule has 0 aliphatic rings. The number of aromatic nitrogens is 7. The van der Waals surface area contributed by atoms with E-state index >= 15 is 0 Å². The number of benzene rings is 4. The summed E-state index contributed by atoms with van der Waals surface area (Å²) in [6.45, 7) is 15.1. The molecular weight excluding hydrogens is 1330 g/mol. The molecule has 4 heterocycles. The van der Waals surface area contributed by atoms with E-state index in [4.69, 9.17) is 10.2 Å². The molecule has 64 heavy (non-hydrogen) atoms. The zero-order valence-electron chi connectivity index (χ0n) is 37.1. The van der Waals surface area contributed by atoms with Gasteiger partial charge in [0.15, 0.2) is 0 Å². The van der Waals surface area contributed by atoms with Gasteiger partial charge in [-0.2, -0.15) is 0 Å². The largest absolute Gasteiger partial charge is 0.393 e. The van der Waals surface area contributed by atoms with E-state index in [9.17, 15) is 0 Å². The molecule has 0 aliphatic carbocycles. The molecule has 0 bridgehead atoms. The van der Waals surface area contributed by atoms with Crippen molar-refractivity contribution in [3.05, 3.63) is 198 Å². The number of hydrogen-bond donors (Lipinski definition) is 2. The average Bonchev–Trinajstić information content (AvgIpc) is 3.26. The molecule has 2 radical (unpaired) electrons. The maximum absolute atomic E-state index is 8.56. The van der Waals surface area contributed by atoms with E-state index in [1.54, 1.807) is 38.6 Å². The molecule has 2 N–H and O–H groups in total. The van der Waals surface area contributed by atoms with Gasteiger partial charge < -0.3 is 30.1 Å². The fourth-order valence-corrected chi connectivity index (χ4v) is 5.78. The van der Waals surface area contributed by atoms with Crippen LogP contribution in [0, 0.1) is 65.8 Å². The quantitative estimate of drug-likeness (QED) is 0.156. The number of pyridine rings is 1. The average molecular weight is 1390 g/mol. The van der Waals surface area contributed by atoms with E-state index in [1.807, 2.05) is 157 Å². The van der Waals surface area contributed by atoms with Crippen LogP contribution >= 0.6 is 0 Å². The molecule has 340 valence electrons. The molecule has 0 saturated carbocycles. The number of hydrogen-bond acceptors (Lipinski definition) is 9. The van der Waals surface area contributed by atoms with Gasteiger partial charge in [-0.1, -0.05) is 12.1 Å². The summed E-state index contributed by atoms with van der Waals surface area (Å²) in [6.07, 6.45) is 6.85. The summed E-state index contributed by atoms with van der Waals surface area (Å²) in [7, 11) is 0. The first-order valence-electron chi connectivity index (χ1n) is 20.0. The molecule has 2 unspecified atom stereocenters. The summed E-state index contributed by atoms with van der Waals surface area (Å²) in [6, 6.07) is 49.6. The van der Waals surface area contributed by atoms with Gasteiger partial charge in [0.1, 0.15) is 0 Å². The van der Waals surface area contributed by atoms with Crippen molar-refractivity contribution < 1.29 is 71.5 Å². The van der Waals surface area contributed by atoms with Crippen LogP contribution in [0.2, 0.25) is 0 Å². The van der Waals surface area contributed by atoms with Crippen LogP contribution in [-0.2, 0) is 61.3 Å². The normalized spacial score (nSPS) is 10.5. The van der Waals surface area contributed by atoms with Crippen LogP contribution in [0.4, 0.5) is 0 Å². The van der Waals surface area contributed by atoms with Crippen molar-refractivity contribution in [1.82, 2.24) is 34.9 Å². The van der Waals surface area contributed by atoms with E-state index in [2.05, 4.69) is 59.2 Å². The second-order valence-electron chi connectivity index (χ2n) is 14.1. The maximum atomic E-state index is 8.56. The van der Waals surface area contributed by atoms with Crippen molar-refractivity contribution in [1.29, 1.82) is 0 Å². The molecule has 0 fully saturated rings. The minimum absolute atomic E-state index is 0. The van der Waals surface area contributed by atoms with Crippen LogP contribution in [0.3, 0.4) is 0 Å². The van der Waals surface area contributed by atoms with Crippen LogP contribution < -0.4 is 0 Å². The maximum Gasteiger partial charge on any atom is 0.0539 e. The smallest absolute Gasteiger partial charge is 0.0539 e. The second kappa shape index (κ2) is 31.1. The zero-order chi connectivity index (χ0) is 44.0. The number of rotatable bonds is 6. The van der Waals surface area contributed by atoms with Crippen molar-refractivity contribution in [3.8, 4) is 45.0 Å². The minimum atomic E-state index is -0.375. The summed E-state index contributed by atoms with van der Waals surface area (Å²) in [5, 5.41) is 17.1. The van der Waals surface area contributed by atoms with E-state index in [0.29, 0.717) is 6.42 Å². The molecule has 0 spiro atoms. The minimum Gasteiger partial charge on any atom is -0.393 e. The van der Waals surface area contributed by atoms with Crippen molar-refractivity contribution in [3.63, 3.8) is 0 Å². The first-order chi connectivity index (χ1) is 29.4. The predicted octanol–water partition coefficient (Wildman–Crippen LogP) is 10.4. The zero-order valence-corrected chi connectivity index (χ0v) is 44.2. The van der Waals surface area contributed by atoms with Gasteiger partial charge in [-0.3, -0.25) is 15.0 Å². The fraction of sp³-hybridized carbons (Fsp3) is 0.212. The molecule has 4 aromatic heterocycles. The van der Waals surface area contributed by atoms with Gasteiger partial charge in [0, 0.05) is 120 Å². The monoisotopic (exact) mass is 1390 g/mol. The summed E-state index contributed by atoms with van der Waals surface area (Å²) in [4.78, 5) is 30.4. The Morgan fingerprint density at radius 3 is 0.984 bits per heavy atom. The molecule has 0 amide bonds. The fourth-order valence-electron chi connectivity index (χ4n) is 5.78. The van der Waals surface area contributed by atoms with Gasteiger partial charge in [0.05, 0.1) is 29.3 Å². The molecule has 12 heteroatoms. The molecule has 0 saturated heterocycles. The summed E-state index contributed by atoms with van der Waals surface area (Å²) in [5.41, 5.74) is 13.4. The van der Waals surface area contributed by atoms with E-state index in [-0.39, 0.29) is 73.5 Å². The standard InChI is InChI=1S/3C12H11N2.C11H8N.C5H12O2.2Ir.Pt/c3*1-9-8-13-12(10(2)14-9)11-6-4-3-5-7-11;1-2-6-10(7-3-1)11-8-4-5-9-12-11;1-4(6)3-5(2)7;;;/h3*3-6,8H,1-2H3;1-6,8-9H;4-7H,3H2,1-2H3;;;/q4*-1;;;;. The van der Waals surface area contributed by atoms with E-state index < -0.39 is 0 Å². The molecule has 9 nitrogen and oxygen atoms in total. The Morgan fingerprint density at radius 1 is 0.438 bits per heavy atom. The van der Waals surface area contributed by atoms with E-state index in [0.717, 1.165) is 79.2 Å². The first kappa shape index (κ1) is 57.2. The topological polar surface area (TPSA) is 131 Å². The van der Waals surface area contributed by atoms with Crippen LogP contribution in [-0.4, -0.2) is 57.3 Å². The van der Waals surface area contributed by atoms with Gasteiger partial charge >= 0.3 is 0 Å². The van der Waals surface area contributed by atoms with Gasteiger partial charge in [-0.05, 0) is 73.6 Å². The third kappa shape index (κ3) is 20.3. The number of aliphatic hydroxyl groups excluding tert-OH is 2. The molecule has 4 aromatic carbocycles. The number of aliphatic hydroxyl groups is 2. The molecule has 0 aliphatic heterocycles. The number of aryl methyl sites for hydroxylation is 6. The Kier molecular flexibility index (Phi) is 27.8. The van der Waals surface area contributed by atoms with Crippen LogP contribution in [0.25, 0.3) is 45.0 Å². The van der Waals surface area contributed by atoms with Gasteiger partial charge in [-0.25, -0.2) is 0 Å². The molecule has 8 rings (SSSR count). The van der Waals surface area contributed by atoms with Crippen LogP contribution in [0.15, 0.2) is 140 Å². The Balaban J connectivity index is 0.000000402. The Labute approximate surface area is 420 Å². The molecular formula is C52H53Ir2N7O2Pt-4. The van der Waals surface area contributed by atoms with Crippen molar-refractivity contribution in [2.45, 2.75) is 74.0 Å². The second-order valence-corrected chi connectivity index (χ2v) is 14.1. The first-order valence-corrected chi connectivity index (χ1v) is 20.0. The van der Waals surface area contributed by atoms with Crippen LogP contribution in [0.1, 0.15) is 54.4 Å². The van der Waals surface area contributed by atoms with Gasteiger partial charge in [-0.15, -0.1) is 144 Å². The van der Waals surface area contributed by atoms with Gasteiger partial charge in [0.2, 0.25) is 0 Å². The van der Waals surface area contributed by atoms with Crippen molar-refractivity contribution in [2.75, 3.05) is 0 Å². The summed E-state index contributed by atoms with van der Waals surface area (Å²) >= 11 is 0. The van der Waals surface area contributed by atoms with Crippen molar-refractivity contribution >= 4 is 0 Å². The molecule has 2 atom stereocenters. The number of nitrogens with zero attached hydrogens (tertiary/aromatic N) is 7.